The molecule has 5 nitrogen and oxygen atoms in total. The van der Waals surface area contributed by atoms with Gasteiger partial charge in [0.15, 0.2) is 5.78 Å². The fourth-order valence-electron chi connectivity index (χ4n) is 4.49. The summed E-state index contributed by atoms with van der Waals surface area (Å²) < 4.78 is 1.44. The third-order valence-corrected chi connectivity index (χ3v) is 5.86. The van der Waals surface area contributed by atoms with Gasteiger partial charge in [-0.05, 0) is 42.4 Å². The molecule has 2 aliphatic carbocycles. The summed E-state index contributed by atoms with van der Waals surface area (Å²) in [5.41, 5.74) is 1.27. The maximum absolute atomic E-state index is 13.4. The number of hydrogen-bond donors (Lipinski definition) is 1. The predicted molar refractivity (Wildman–Crippen MR) is 108 cm³/mol. The molecule has 2 aliphatic rings. The third-order valence-electron chi connectivity index (χ3n) is 5.86. The monoisotopic (exact) mass is 378 g/mol. The van der Waals surface area contributed by atoms with Crippen LogP contribution in [0, 0.1) is 5.41 Å². The molecule has 146 valence electrons. The number of fused-ring (bicyclic) bond motifs is 1. The Morgan fingerprint density at radius 1 is 1.07 bits per heavy atom. The van der Waals surface area contributed by atoms with Crippen molar-refractivity contribution in [1.82, 2.24) is 9.88 Å². The lowest BCUT2D eigenvalue weighted by Gasteiger charge is -2.31. The van der Waals surface area contributed by atoms with Crippen molar-refractivity contribution in [1.29, 1.82) is 0 Å². The number of ketones is 1. The molecule has 0 saturated heterocycles. The molecule has 0 spiro atoms. The van der Waals surface area contributed by atoms with E-state index in [-0.39, 0.29) is 34.3 Å². The van der Waals surface area contributed by atoms with E-state index in [4.69, 9.17) is 0 Å². The second-order valence-electron chi connectivity index (χ2n) is 8.80. The average Bonchev–Trinajstić information content (AvgIpc) is 3.14. The van der Waals surface area contributed by atoms with Gasteiger partial charge >= 0.3 is 0 Å². The first-order chi connectivity index (χ1) is 13.4. The van der Waals surface area contributed by atoms with Crippen LogP contribution in [-0.2, 0) is 6.42 Å². The number of rotatable bonds is 3. The lowest BCUT2D eigenvalue weighted by molar-refractivity contribution is 0.0907. The molecule has 2 aromatic rings. The van der Waals surface area contributed by atoms with Gasteiger partial charge in [0.05, 0.1) is 0 Å². The van der Waals surface area contributed by atoms with Crippen LogP contribution in [0.25, 0.3) is 5.69 Å². The number of hydrogen-bond acceptors (Lipinski definition) is 3. The van der Waals surface area contributed by atoms with Crippen molar-refractivity contribution in [2.75, 3.05) is 0 Å². The first-order valence-corrected chi connectivity index (χ1v) is 10.0. The SMILES string of the molecule is CC1(C)CC(=O)c2cn(-c3ccccc3)c(=O)c(C(=O)NC3CCCC3)c2C1. The molecule has 1 saturated carbocycles. The number of nitrogens with zero attached hydrogens (tertiary/aromatic N) is 1. The molecule has 0 radical (unpaired) electrons. The van der Waals surface area contributed by atoms with Crippen LogP contribution in [0.2, 0.25) is 0 Å². The quantitative estimate of drug-likeness (QED) is 0.886. The normalized spacial score (nSPS) is 18.7. The second-order valence-corrected chi connectivity index (χ2v) is 8.80. The standard InChI is InChI=1S/C23H26N2O3/c1-23(2)12-17-18(19(26)13-23)14-25(16-10-4-3-5-11-16)22(28)20(17)21(27)24-15-8-6-7-9-15/h3-5,10-11,14-15H,6-9,12-13H2,1-2H3,(H,24,27). The lowest BCUT2D eigenvalue weighted by atomic mass is 9.73. The fraction of sp³-hybridized carbons (Fsp3) is 0.435. The van der Waals surface area contributed by atoms with Gasteiger partial charge in [-0.15, -0.1) is 0 Å². The molecule has 0 unspecified atom stereocenters. The van der Waals surface area contributed by atoms with Gasteiger partial charge in [0, 0.05) is 29.9 Å². The summed E-state index contributed by atoms with van der Waals surface area (Å²) in [6, 6.07) is 9.27. The largest absolute Gasteiger partial charge is 0.349 e. The van der Waals surface area contributed by atoms with Gasteiger partial charge in [-0.2, -0.15) is 0 Å². The molecular weight excluding hydrogens is 352 g/mol. The van der Waals surface area contributed by atoms with E-state index in [1.54, 1.807) is 6.20 Å². The zero-order valence-corrected chi connectivity index (χ0v) is 16.5. The average molecular weight is 378 g/mol. The van der Waals surface area contributed by atoms with Crippen LogP contribution in [0.4, 0.5) is 0 Å². The van der Waals surface area contributed by atoms with Crippen LogP contribution < -0.4 is 10.9 Å². The topological polar surface area (TPSA) is 68.2 Å². The Labute approximate surface area is 164 Å². The van der Waals surface area contributed by atoms with Crippen molar-refractivity contribution in [3.63, 3.8) is 0 Å². The van der Waals surface area contributed by atoms with Gasteiger partial charge in [-0.1, -0.05) is 44.9 Å². The molecule has 28 heavy (non-hydrogen) atoms. The first-order valence-electron chi connectivity index (χ1n) is 10.0. The van der Waals surface area contributed by atoms with Gasteiger partial charge in [0.1, 0.15) is 5.56 Å². The number of Topliss-reactive ketones (excluding diaryl/α,β-unsaturated/α-hetero) is 1. The molecule has 1 aromatic carbocycles. The number of benzene rings is 1. The van der Waals surface area contributed by atoms with Gasteiger partial charge < -0.3 is 5.32 Å². The smallest absolute Gasteiger partial charge is 0.268 e. The molecule has 0 aliphatic heterocycles. The number of para-hydroxylation sites is 1. The van der Waals surface area contributed by atoms with Crippen molar-refractivity contribution in [2.45, 2.75) is 58.4 Å². The summed E-state index contributed by atoms with van der Waals surface area (Å²) in [5, 5.41) is 3.04. The predicted octanol–water partition coefficient (Wildman–Crippen LogP) is 3.67. The van der Waals surface area contributed by atoms with E-state index < -0.39 is 0 Å². The highest BCUT2D eigenvalue weighted by Crippen LogP contribution is 2.36. The van der Waals surface area contributed by atoms with Gasteiger partial charge in [0.2, 0.25) is 0 Å². The Kier molecular flexibility index (Phi) is 4.69. The van der Waals surface area contributed by atoms with Gasteiger partial charge in [-0.3, -0.25) is 19.0 Å². The summed E-state index contributed by atoms with van der Waals surface area (Å²) in [6.45, 7) is 4.02. The molecule has 0 bridgehead atoms. The van der Waals surface area contributed by atoms with Crippen LogP contribution in [0.15, 0.2) is 41.3 Å². The van der Waals surface area contributed by atoms with Crippen molar-refractivity contribution < 1.29 is 9.59 Å². The number of nitrogens with one attached hydrogen (secondary N) is 1. The van der Waals surface area contributed by atoms with Gasteiger partial charge in [-0.25, -0.2) is 0 Å². The second kappa shape index (κ2) is 7.04. The summed E-state index contributed by atoms with van der Waals surface area (Å²) in [7, 11) is 0. The van der Waals surface area contributed by atoms with E-state index in [0.29, 0.717) is 29.7 Å². The Balaban J connectivity index is 1.89. The van der Waals surface area contributed by atoms with Crippen molar-refractivity contribution in [3.8, 4) is 5.69 Å². The number of pyridine rings is 1. The fourth-order valence-corrected chi connectivity index (χ4v) is 4.49. The summed E-state index contributed by atoms with van der Waals surface area (Å²) >= 11 is 0. The van der Waals surface area contributed by atoms with Crippen molar-refractivity contribution >= 4 is 11.7 Å². The van der Waals surface area contributed by atoms with Crippen LogP contribution >= 0.6 is 0 Å². The number of carbonyl (C=O) groups excluding carboxylic acids is 2. The molecule has 0 atom stereocenters. The molecule has 1 heterocycles. The third kappa shape index (κ3) is 3.41. The van der Waals surface area contributed by atoms with Crippen LogP contribution in [0.5, 0.6) is 0 Å². The molecule has 1 aromatic heterocycles. The van der Waals surface area contributed by atoms with E-state index in [9.17, 15) is 14.4 Å². The summed E-state index contributed by atoms with van der Waals surface area (Å²) in [4.78, 5) is 39.4. The molecule has 4 rings (SSSR count). The lowest BCUT2D eigenvalue weighted by Crippen LogP contribution is -2.41. The molecule has 5 heteroatoms. The Morgan fingerprint density at radius 3 is 2.43 bits per heavy atom. The number of carbonyl (C=O) groups is 2. The Hall–Kier alpha value is -2.69. The summed E-state index contributed by atoms with van der Waals surface area (Å²) in [5.74, 6) is -0.352. The van der Waals surface area contributed by atoms with E-state index in [1.165, 1.54) is 4.57 Å². The minimum Gasteiger partial charge on any atom is -0.349 e. The van der Waals surface area contributed by atoms with Crippen molar-refractivity contribution in [2.24, 2.45) is 5.41 Å². The highest BCUT2D eigenvalue weighted by molar-refractivity contribution is 6.04. The Bertz CT molecular complexity index is 983. The first kappa shape index (κ1) is 18.7. The van der Waals surface area contributed by atoms with E-state index in [1.807, 2.05) is 44.2 Å². The van der Waals surface area contributed by atoms with E-state index >= 15 is 0 Å². The van der Waals surface area contributed by atoms with E-state index in [2.05, 4.69) is 5.32 Å². The van der Waals surface area contributed by atoms with Gasteiger partial charge in [0.25, 0.3) is 11.5 Å². The number of amides is 1. The summed E-state index contributed by atoms with van der Waals surface area (Å²) in [6.07, 6.45) is 6.66. The molecular formula is C23H26N2O3. The van der Waals surface area contributed by atoms with Crippen LogP contribution in [0.3, 0.4) is 0 Å². The minimum atomic E-state index is -0.356. The molecule has 1 fully saturated rings. The zero-order valence-electron chi connectivity index (χ0n) is 16.5. The molecule has 1 amide bonds. The van der Waals surface area contributed by atoms with Crippen molar-refractivity contribution in [3.05, 3.63) is 63.6 Å². The number of aromatic nitrogens is 1. The Morgan fingerprint density at radius 2 is 1.75 bits per heavy atom. The molecule has 1 N–H and O–H groups in total. The zero-order chi connectivity index (χ0) is 19.9. The van der Waals surface area contributed by atoms with Crippen LogP contribution in [-0.4, -0.2) is 22.3 Å². The highest BCUT2D eigenvalue weighted by Gasteiger charge is 2.36. The minimum absolute atomic E-state index is 0.00847. The maximum Gasteiger partial charge on any atom is 0.268 e. The van der Waals surface area contributed by atoms with Crippen LogP contribution in [0.1, 0.15) is 72.2 Å². The highest BCUT2D eigenvalue weighted by atomic mass is 16.2. The maximum atomic E-state index is 13.4. The van der Waals surface area contributed by atoms with E-state index in [0.717, 1.165) is 25.7 Å².